The average molecular weight is 705 g/mol. The summed E-state index contributed by atoms with van der Waals surface area (Å²) in [5.41, 5.74) is 3.88. The van der Waals surface area contributed by atoms with E-state index < -0.39 is 18.2 Å². The van der Waals surface area contributed by atoms with E-state index in [0.717, 1.165) is 30.6 Å². The van der Waals surface area contributed by atoms with Crippen LogP contribution in [0, 0.1) is 11.3 Å². The van der Waals surface area contributed by atoms with Crippen molar-refractivity contribution >= 4 is 28.6 Å². The second-order valence-corrected chi connectivity index (χ2v) is 14.7. The molecule has 1 saturated carbocycles. The molecule has 2 aromatic rings. The van der Waals surface area contributed by atoms with Crippen LogP contribution >= 0.6 is 22.6 Å². The summed E-state index contributed by atoms with van der Waals surface area (Å²) in [6.45, 7) is 18.3. The number of aliphatic hydroxyl groups excluding tert-OH is 2. The molecule has 0 radical (unpaired) electrons. The lowest BCUT2D eigenvalue weighted by molar-refractivity contribution is -0.142. The number of ether oxygens (including phenoxy) is 3. The van der Waals surface area contributed by atoms with Gasteiger partial charge in [-0.2, -0.15) is 0 Å². The first-order valence-electron chi connectivity index (χ1n) is 15.2. The Morgan fingerprint density at radius 3 is 1.86 bits per heavy atom. The van der Waals surface area contributed by atoms with Crippen LogP contribution in [-0.2, 0) is 14.9 Å². The number of carbonyl (C=O) groups excluding carboxylic acids is 1. The van der Waals surface area contributed by atoms with Gasteiger partial charge in [0.1, 0.15) is 37.4 Å². The van der Waals surface area contributed by atoms with E-state index >= 15 is 0 Å². The molecule has 0 spiro atoms. The number of allylic oxidation sites excluding steroid dienone is 1. The lowest BCUT2D eigenvalue weighted by Crippen LogP contribution is -2.41. The van der Waals surface area contributed by atoms with Crippen molar-refractivity contribution in [2.24, 2.45) is 11.3 Å². The molecule has 5 unspecified atom stereocenters. The minimum Gasteiger partial charge on any atom is -0.491 e. The molecular formula is C36H49IO6. The van der Waals surface area contributed by atoms with Crippen LogP contribution in [0.5, 0.6) is 11.5 Å². The van der Waals surface area contributed by atoms with Crippen LogP contribution in [0.25, 0.3) is 0 Å². The Morgan fingerprint density at radius 1 is 0.884 bits per heavy atom. The molecule has 1 aliphatic rings. The Labute approximate surface area is 271 Å². The lowest BCUT2D eigenvalue weighted by atomic mass is 9.55. The first kappa shape index (κ1) is 35.1. The molecule has 3 rings (SSSR count). The third-order valence-electron chi connectivity index (χ3n) is 8.12. The molecule has 0 bridgehead atoms. The van der Waals surface area contributed by atoms with Gasteiger partial charge < -0.3 is 24.4 Å². The molecule has 6 nitrogen and oxygen atoms in total. The minimum absolute atomic E-state index is 0.0146. The van der Waals surface area contributed by atoms with E-state index in [2.05, 4.69) is 80.8 Å². The highest BCUT2D eigenvalue weighted by molar-refractivity contribution is 14.1. The average Bonchev–Trinajstić information content (AvgIpc) is 2.95. The number of carbonyl (C=O) groups is 1. The highest BCUT2D eigenvalue weighted by Crippen LogP contribution is 2.53. The van der Waals surface area contributed by atoms with Crippen LogP contribution in [0.1, 0.15) is 77.8 Å². The predicted octanol–water partition coefficient (Wildman–Crippen LogP) is 7.58. The van der Waals surface area contributed by atoms with Gasteiger partial charge in [-0.1, -0.05) is 86.4 Å². The number of halogens is 1. The third-order valence-corrected chi connectivity index (χ3v) is 9.81. The van der Waals surface area contributed by atoms with E-state index in [4.69, 9.17) is 14.2 Å². The number of benzene rings is 2. The number of hydrogen-bond acceptors (Lipinski definition) is 6. The summed E-state index contributed by atoms with van der Waals surface area (Å²) in [7, 11) is 0. The van der Waals surface area contributed by atoms with Crippen molar-refractivity contribution in [1.29, 1.82) is 0 Å². The molecule has 236 valence electrons. The fourth-order valence-electron chi connectivity index (χ4n) is 6.31. The molecule has 43 heavy (non-hydrogen) atoms. The predicted molar refractivity (Wildman–Crippen MR) is 181 cm³/mol. The Balaban J connectivity index is 1.72. The summed E-state index contributed by atoms with van der Waals surface area (Å²) in [6.07, 6.45) is 3.32. The molecule has 5 atom stereocenters. The quantitative estimate of drug-likeness (QED) is 0.0654. The first-order chi connectivity index (χ1) is 20.2. The van der Waals surface area contributed by atoms with Gasteiger partial charge in [-0.3, -0.25) is 0 Å². The van der Waals surface area contributed by atoms with E-state index in [-0.39, 0.29) is 30.7 Å². The van der Waals surface area contributed by atoms with Gasteiger partial charge in [0.25, 0.3) is 0 Å². The highest BCUT2D eigenvalue weighted by Gasteiger charge is 2.45. The van der Waals surface area contributed by atoms with Crippen molar-refractivity contribution in [3.05, 3.63) is 84.0 Å². The molecule has 7 heteroatoms. The number of alkyl halides is 1. The fraction of sp³-hybridized carbons (Fsp3) is 0.528. The van der Waals surface area contributed by atoms with Gasteiger partial charge in [-0.25, -0.2) is 4.79 Å². The summed E-state index contributed by atoms with van der Waals surface area (Å²) in [4.78, 5) is 11.6. The van der Waals surface area contributed by atoms with Gasteiger partial charge in [0.05, 0.1) is 6.10 Å². The molecule has 0 heterocycles. The van der Waals surface area contributed by atoms with Crippen molar-refractivity contribution in [3.8, 4) is 11.5 Å². The first-order valence-corrected chi connectivity index (χ1v) is 16.4. The van der Waals surface area contributed by atoms with Crippen LogP contribution in [-0.4, -0.2) is 52.1 Å². The summed E-state index contributed by atoms with van der Waals surface area (Å²) in [6, 6.07) is 16.5. The van der Waals surface area contributed by atoms with Crippen molar-refractivity contribution in [2.75, 3.05) is 19.8 Å². The molecule has 0 saturated heterocycles. The highest BCUT2D eigenvalue weighted by atomic mass is 127. The molecule has 0 aromatic heterocycles. The summed E-state index contributed by atoms with van der Waals surface area (Å²) >= 11 is 2.37. The van der Waals surface area contributed by atoms with Gasteiger partial charge in [0.2, 0.25) is 0 Å². The summed E-state index contributed by atoms with van der Waals surface area (Å²) in [5, 5.41) is 20.6. The maximum atomic E-state index is 11.6. The molecule has 0 amide bonds. The van der Waals surface area contributed by atoms with Crippen molar-refractivity contribution in [1.82, 2.24) is 0 Å². The smallest absolute Gasteiger partial charge is 0.333 e. The van der Waals surface area contributed by atoms with Crippen molar-refractivity contribution in [2.45, 2.75) is 88.3 Å². The normalized spacial score (nSPS) is 21.7. The molecule has 0 aliphatic heterocycles. The summed E-state index contributed by atoms with van der Waals surface area (Å²) in [5.74, 6) is 1.41. The molecular weight excluding hydrogens is 655 g/mol. The zero-order valence-corrected chi connectivity index (χ0v) is 28.6. The number of esters is 1. The van der Waals surface area contributed by atoms with E-state index in [1.54, 1.807) is 6.92 Å². The zero-order chi connectivity index (χ0) is 31.8. The standard InChI is InChI=1S/C36H49IO6/c1-24(2)33(37)17-12-29(38)20-41-31-13-8-27(9-14-31)36(19-26(5)18-35(6,7)23-36)28-10-15-32(16-11-28)42-21-30(39)22-43-34(40)25(3)4/h8-11,13-16,26,29-30,33,38-39H,1,3,12,17-23H2,2,4-7H3. The van der Waals surface area contributed by atoms with Gasteiger partial charge >= 0.3 is 5.97 Å². The zero-order valence-electron chi connectivity index (χ0n) is 26.4. The Morgan fingerprint density at radius 2 is 1.40 bits per heavy atom. The van der Waals surface area contributed by atoms with E-state index in [0.29, 0.717) is 27.6 Å². The van der Waals surface area contributed by atoms with Gasteiger partial charge in [0, 0.05) is 14.9 Å². The minimum atomic E-state index is -0.935. The molecule has 2 N–H and O–H groups in total. The maximum Gasteiger partial charge on any atom is 0.333 e. The van der Waals surface area contributed by atoms with Gasteiger partial charge in [0.15, 0.2) is 0 Å². The fourth-order valence-corrected chi connectivity index (χ4v) is 6.67. The van der Waals surface area contributed by atoms with Crippen LogP contribution in [0.15, 0.2) is 72.8 Å². The van der Waals surface area contributed by atoms with E-state index in [9.17, 15) is 15.0 Å². The summed E-state index contributed by atoms with van der Waals surface area (Å²) < 4.78 is 17.1. The Kier molecular flexibility index (Phi) is 12.7. The van der Waals surface area contributed by atoms with E-state index in [1.165, 1.54) is 17.5 Å². The topological polar surface area (TPSA) is 85.2 Å². The van der Waals surface area contributed by atoms with Crippen molar-refractivity contribution in [3.63, 3.8) is 0 Å². The lowest BCUT2D eigenvalue weighted by Gasteiger charge is -2.48. The van der Waals surface area contributed by atoms with Gasteiger partial charge in [-0.05, 0) is 92.7 Å². The second-order valence-electron chi connectivity index (χ2n) is 13.2. The maximum absolute atomic E-state index is 11.6. The van der Waals surface area contributed by atoms with Crippen LogP contribution in [0.3, 0.4) is 0 Å². The van der Waals surface area contributed by atoms with Crippen LogP contribution < -0.4 is 9.47 Å². The molecule has 2 aromatic carbocycles. The number of hydrogen-bond donors (Lipinski definition) is 2. The third kappa shape index (κ3) is 10.4. The van der Waals surface area contributed by atoms with Gasteiger partial charge in [-0.15, -0.1) is 0 Å². The Hall–Kier alpha value is -2.36. The number of aliphatic hydroxyl groups is 2. The van der Waals surface area contributed by atoms with Crippen LogP contribution in [0.2, 0.25) is 0 Å². The molecule has 1 aliphatic carbocycles. The SMILES string of the molecule is C=C(C)C(=O)OCC(O)COc1ccc(C2(c3ccc(OCC(O)CCC(I)C(=C)C)cc3)CC(C)CC(C)(C)C2)cc1. The monoisotopic (exact) mass is 704 g/mol. The molecule has 1 fully saturated rings. The van der Waals surface area contributed by atoms with E-state index in [1.807, 2.05) is 31.2 Å². The van der Waals surface area contributed by atoms with Crippen LogP contribution in [0.4, 0.5) is 0 Å². The Bertz CT molecular complexity index is 1220. The van der Waals surface area contributed by atoms with Crippen molar-refractivity contribution < 1.29 is 29.2 Å². The second kappa shape index (κ2) is 15.6. The largest absolute Gasteiger partial charge is 0.491 e. The number of rotatable bonds is 15.